The number of ketones is 1. The lowest BCUT2D eigenvalue weighted by molar-refractivity contribution is -0.121. The van der Waals surface area contributed by atoms with Crippen LogP contribution in [0.2, 0.25) is 0 Å². The second kappa shape index (κ2) is 9.82. The van der Waals surface area contributed by atoms with Crippen LogP contribution in [0.1, 0.15) is 34.3 Å². The summed E-state index contributed by atoms with van der Waals surface area (Å²) in [7, 11) is 0. The maximum Gasteiger partial charge on any atom is 0.414 e. The third-order valence-corrected chi connectivity index (χ3v) is 5.58. The van der Waals surface area contributed by atoms with Gasteiger partial charge in [0.25, 0.3) is 0 Å². The molecule has 1 aromatic heterocycles. The first-order valence-electron chi connectivity index (χ1n) is 10.8. The minimum Gasteiger partial charge on any atom is -0.442 e. The number of hydrogen-bond acceptors (Lipinski definition) is 6. The van der Waals surface area contributed by atoms with Gasteiger partial charge in [0.1, 0.15) is 18.2 Å². The van der Waals surface area contributed by atoms with Crippen molar-refractivity contribution in [3.8, 4) is 11.4 Å². The Bertz CT molecular complexity index is 1230. The first-order valence-corrected chi connectivity index (χ1v) is 10.8. The predicted molar refractivity (Wildman–Crippen MR) is 122 cm³/mol. The monoisotopic (exact) mass is 465 g/mol. The van der Waals surface area contributed by atoms with Crippen molar-refractivity contribution in [3.63, 3.8) is 0 Å². The lowest BCUT2D eigenvalue weighted by Crippen LogP contribution is -2.34. The number of H-pyrrole nitrogens is 1. The van der Waals surface area contributed by atoms with Crippen LogP contribution < -0.4 is 10.2 Å². The van der Waals surface area contributed by atoms with Gasteiger partial charge in [-0.05, 0) is 37.6 Å². The van der Waals surface area contributed by atoms with E-state index in [9.17, 15) is 18.8 Å². The Hall–Kier alpha value is -4.08. The summed E-state index contributed by atoms with van der Waals surface area (Å²) in [5, 5.41) is 9.07. The molecule has 0 aliphatic carbocycles. The smallest absolute Gasteiger partial charge is 0.414 e. The van der Waals surface area contributed by atoms with Crippen molar-refractivity contribution in [2.75, 3.05) is 18.0 Å². The molecule has 10 heteroatoms. The molecule has 9 nitrogen and oxygen atoms in total. The van der Waals surface area contributed by atoms with E-state index < -0.39 is 18.0 Å². The number of rotatable bonds is 8. The Morgan fingerprint density at radius 2 is 2.03 bits per heavy atom. The Balaban J connectivity index is 1.28. The average Bonchev–Trinajstić information content (AvgIpc) is 3.46. The number of anilines is 1. The van der Waals surface area contributed by atoms with Crippen LogP contribution in [0.25, 0.3) is 11.4 Å². The quantitative estimate of drug-likeness (QED) is 0.493. The second-order valence-electron chi connectivity index (χ2n) is 8.15. The minimum atomic E-state index is -0.630. The highest BCUT2D eigenvalue weighted by Crippen LogP contribution is 2.27. The van der Waals surface area contributed by atoms with Crippen LogP contribution in [0.4, 0.5) is 14.9 Å². The lowest BCUT2D eigenvalue weighted by atomic mass is 9.99. The van der Waals surface area contributed by atoms with Gasteiger partial charge in [0.15, 0.2) is 11.6 Å². The molecule has 0 bridgehead atoms. The van der Waals surface area contributed by atoms with E-state index >= 15 is 0 Å². The van der Waals surface area contributed by atoms with Gasteiger partial charge in [-0.3, -0.25) is 19.6 Å². The molecule has 3 aromatic rings. The average molecular weight is 465 g/mol. The van der Waals surface area contributed by atoms with Crippen molar-refractivity contribution >= 4 is 23.5 Å². The van der Waals surface area contributed by atoms with E-state index in [2.05, 4.69) is 20.5 Å². The number of carbonyl (C=O) groups excluding carboxylic acids is 3. The minimum absolute atomic E-state index is 0.0322. The van der Waals surface area contributed by atoms with E-state index in [-0.39, 0.29) is 49.0 Å². The normalized spacial score (nSPS) is 15.3. The van der Waals surface area contributed by atoms with Crippen molar-refractivity contribution < 1.29 is 23.5 Å². The topological polar surface area (TPSA) is 117 Å². The van der Waals surface area contributed by atoms with Crippen molar-refractivity contribution in [1.29, 1.82) is 0 Å². The number of amides is 2. The molecule has 0 radical (unpaired) electrons. The van der Waals surface area contributed by atoms with Crippen LogP contribution >= 0.6 is 0 Å². The molecule has 1 fully saturated rings. The maximum atomic E-state index is 14.5. The van der Waals surface area contributed by atoms with Crippen molar-refractivity contribution in [2.24, 2.45) is 0 Å². The molecule has 1 aliphatic rings. The highest BCUT2D eigenvalue weighted by Gasteiger charge is 2.33. The third-order valence-electron chi connectivity index (χ3n) is 5.58. The summed E-state index contributed by atoms with van der Waals surface area (Å²) < 4.78 is 19.8. The van der Waals surface area contributed by atoms with Crippen LogP contribution in [-0.2, 0) is 9.53 Å². The Kier molecular flexibility index (Phi) is 6.67. The first kappa shape index (κ1) is 23.1. The number of nitrogens with one attached hydrogen (secondary N) is 2. The highest BCUT2D eigenvalue weighted by molar-refractivity contribution is 5.99. The van der Waals surface area contributed by atoms with Gasteiger partial charge in [-0.1, -0.05) is 23.8 Å². The van der Waals surface area contributed by atoms with Crippen LogP contribution in [0.3, 0.4) is 0 Å². The molecule has 2 amide bonds. The van der Waals surface area contributed by atoms with E-state index in [1.807, 2.05) is 26.0 Å². The number of halogens is 1. The van der Waals surface area contributed by atoms with Crippen LogP contribution in [0.15, 0.2) is 42.7 Å². The fraction of sp³-hybridized carbons (Fsp3) is 0.292. The zero-order valence-corrected chi connectivity index (χ0v) is 18.8. The highest BCUT2D eigenvalue weighted by atomic mass is 19.1. The summed E-state index contributed by atoms with van der Waals surface area (Å²) in [5.41, 5.74) is 3.10. The summed E-state index contributed by atoms with van der Waals surface area (Å²) >= 11 is 0. The molecule has 2 aromatic carbocycles. The first-order chi connectivity index (χ1) is 16.3. The maximum absolute atomic E-state index is 14.5. The summed E-state index contributed by atoms with van der Waals surface area (Å²) in [6, 6.07) is 9.86. The Labute approximate surface area is 195 Å². The Morgan fingerprint density at radius 1 is 1.21 bits per heavy atom. The fourth-order valence-electron chi connectivity index (χ4n) is 3.83. The standard InChI is InChI=1S/C24H24FN5O4/c1-14-3-5-18(15(2)9-14)21(31)7-8-22(32)26-11-17-12-30(24(33)34-17)16-4-6-19(20(25)10-16)23-27-13-28-29-23/h3-6,9-10,13,17H,7-8,11-12H2,1-2H3,(H,26,32)(H,27,28,29). The Morgan fingerprint density at radius 3 is 2.74 bits per heavy atom. The largest absolute Gasteiger partial charge is 0.442 e. The van der Waals surface area contributed by atoms with Gasteiger partial charge in [0.05, 0.1) is 24.3 Å². The van der Waals surface area contributed by atoms with E-state index in [0.717, 1.165) is 11.1 Å². The molecule has 4 rings (SSSR count). The molecule has 0 spiro atoms. The van der Waals surface area contributed by atoms with Crippen LogP contribution in [-0.4, -0.2) is 52.2 Å². The van der Waals surface area contributed by atoms with Gasteiger partial charge >= 0.3 is 6.09 Å². The van der Waals surface area contributed by atoms with Crippen molar-refractivity contribution in [1.82, 2.24) is 20.5 Å². The van der Waals surface area contributed by atoms with E-state index in [0.29, 0.717) is 11.3 Å². The number of benzene rings is 2. The predicted octanol–water partition coefficient (Wildman–Crippen LogP) is 3.33. The summed E-state index contributed by atoms with van der Waals surface area (Å²) in [6.45, 7) is 4.07. The number of cyclic esters (lactones) is 1. The van der Waals surface area contributed by atoms with Crippen LogP contribution in [0.5, 0.6) is 0 Å². The molecule has 34 heavy (non-hydrogen) atoms. The number of carbonyl (C=O) groups is 3. The molecular formula is C24H24FN5O4. The summed E-state index contributed by atoms with van der Waals surface area (Å²) in [4.78, 5) is 42.1. The summed E-state index contributed by atoms with van der Waals surface area (Å²) in [6.07, 6.45) is 0.239. The third kappa shape index (κ3) is 5.11. The molecule has 2 heterocycles. The molecule has 1 atom stereocenters. The number of ether oxygens (including phenoxy) is 1. The zero-order chi connectivity index (χ0) is 24.2. The number of aryl methyl sites for hydroxylation is 2. The molecule has 1 unspecified atom stereocenters. The van der Waals surface area contributed by atoms with Crippen LogP contribution in [0, 0.1) is 19.7 Å². The van der Waals surface area contributed by atoms with Gasteiger partial charge in [-0.2, -0.15) is 5.10 Å². The number of Topliss-reactive ketones (excluding diaryl/α,β-unsaturated/α-hetero) is 1. The molecule has 1 saturated heterocycles. The molecule has 2 N–H and O–H groups in total. The molecular weight excluding hydrogens is 441 g/mol. The number of aromatic amines is 1. The van der Waals surface area contributed by atoms with Gasteiger partial charge in [0.2, 0.25) is 5.91 Å². The van der Waals surface area contributed by atoms with E-state index in [4.69, 9.17) is 4.74 Å². The lowest BCUT2D eigenvalue weighted by Gasteiger charge is -2.14. The number of aromatic nitrogens is 3. The zero-order valence-electron chi connectivity index (χ0n) is 18.8. The van der Waals surface area contributed by atoms with Crippen molar-refractivity contribution in [3.05, 3.63) is 65.2 Å². The SMILES string of the molecule is Cc1ccc(C(=O)CCC(=O)NCC2CN(c3ccc(-c4nc[nH]n4)c(F)c3)C(=O)O2)c(C)c1. The van der Waals surface area contributed by atoms with E-state index in [1.165, 1.54) is 23.4 Å². The van der Waals surface area contributed by atoms with E-state index in [1.54, 1.807) is 12.1 Å². The number of nitrogens with zero attached hydrogens (tertiary/aromatic N) is 3. The van der Waals surface area contributed by atoms with Crippen molar-refractivity contribution in [2.45, 2.75) is 32.8 Å². The van der Waals surface area contributed by atoms with Gasteiger partial charge in [0, 0.05) is 18.4 Å². The number of hydrogen-bond donors (Lipinski definition) is 2. The second-order valence-corrected chi connectivity index (χ2v) is 8.15. The molecule has 1 aliphatic heterocycles. The molecule has 0 saturated carbocycles. The fourth-order valence-corrected chi connectivity index (χ4v) is 3.83. The summed E-state index contributed by atoms with van der Waals surface area (Å²) in [5.74, 6) is -0.768. The molecule has 176 valence electrons. The van der Waals surface area contributed by atoms with Gasteiger partial charge in [-0.25, -0.2) is 14.2 Å². The van der Waals surface area contributed by atoms with Gasteiger partial charge < -0.3 is 10.1 Å². The van der Waals surface area contributed by atoms with Gasteiger partial charge in [-0.15, -0.1) is 0 Å².